The number of hydrogen-bond acceptors (Lipinski definition) is 4. The molecular weight excluding hydrogens is 307 g/mol. The molecule has 2 aromatic heterocycles. The third kappa shape index (κ3) is 4.22. The van der Waals surface area contributed by atoms with Gasteiger partial charge in [-0.1, -0.05) is 0 Å². The molecule has 0 saturated carbocycles. The van der Waals surface area contributed by atoms with Gasteiger partial charge in [-0.3, -0.25) is 4.68 Å². The van der Waals surface area contributed by atoms with Gasteiger partial charge in [0, 0.05) is 44.1 Å². The van der Waals surface area contributed by atoms with Gasteiger partial charge in [0.1, 0.15) is 5.82 Å². The van der Waals surface area contributed by atoms with Crippen molar-refractivity contribution in [2.45, 2.75) is 26.6 Å². The van der Waals surface area contributed by atoms with Crippen LogP contribution in [0.15, 0.2) is 18.3 Å². The van der Waals surface area contributed by atoms with Crippen molar-refractivity contribution in [2.24, 2.45) is 7.05 Å². The van der Waals surface area contributed by atoms with Crippen molar-refractivity contribution in [3.8, 4) is 0 Å². The molecule has 0 aliphatic heterocycles. The summed E-state index contributed by atoms with van der Waals surface area (Å²) in [4.78, 5) is 3.76. The van der Waals surface area contributed by atoms with Gasteiger partial charge in [0.15, 0.2) is 0 Å². The predicted octanol–water partition coefficient (Wildman–Crippen LogP) is 2.65. The van der Waals surface area contributed by atoms with Crippen LogP contribution in [0.4, 0.5) is 19.0 Å². The van der Waals surface area contributed by atoms with E-state index < -0.39 is 11.7 Å². The van der Waals surface area contributed by atoms with E-state index in [2.05, 4.69) is 20.7 Å². The summed E-state index contributed by atoms with van der Waals surface area (Å²) < 4.78 is 40.3. The molecule has 0 saturated heterocycles. The Morgan fingerprint density at radius 3 is 2.57 bits per heavy atom. The van der Waals surface area contributed by atoms with Crippen molar-refractivity contribution in [1.82, 2.24) is 20.1 Å². The zero-order valence-corrected chi connectivity index (χ0v) is 13.3. The van der Waals surface area contributed by atoms with Crippen molar-refractivity contribution in [3.63, 3.8) is 0 Å². The van der Waals surface area contributed by atoms with Crippen LogP contribution >= 0.6 is 0 Å². The summed E-state index contributed by atoms with van der Waals surface area (Å²) in [6.45, 7) is 5.41. The first kappa shape index (κ1) is 17.3. The zero-order valence-electron chi connectivity index (χ0n) is 13.3. The third-order valence-electron chi connectivity index (χ3n) is 3.67. The second-order valence-electron chi connectivity index (χ2n) is 5.27. The minimum atomic E-state index is -4.41. The number of aromatic nitrogens is 3. The summed E-state index contributed by atoms with van der Waals surface area (Å²) in [7, 11) is 1.88. The van der Waals surface area contributed by atoms with Crippen LogP contribution in [0.1, 0.15) is 22.5 Å². The van der Waals surface area contributed by atoms with Crippen LogP contribution in [-0.4, -0.2) is 27.9 Å². The van der Waals surface area contributed by atoms with Crippen LogP contribution in [0, 0.1) is 13.8 Å². The Morgan fingerprint density at radius 2 is 1.96 bits per heavy atom. The Labute approximate surface area is 132 Å². The van der Waals surface area contributed by atoms with Gasteiger partial charge >= 0.3 is 6.18 Å². The normalized spacial score (nSPS) is 11.7. The average molecular weight is 327 g/mol. The monoisotopic (exact) mass is 327 g/mol. The van der Waals surface area contributed by atoms with Crippen molar-refractivity contribution in [1.29, 1.82) is 0 Å². The molecule has 2 aromatic rings. The molecule has 0 amide bonds. The predicted molar refractivity (Wildman–Crippen MR) is 82.1 cm³/mol. The van der Waals surface area contributed by atoms with Gasteiger partial charge in [-0.05, 0) is 26.0 Å². The van der Waals surface area contributed by atoms with E-state index in [9.17, 15) is 13.2 Å². The van der Waals surface area contributed by atoms with Gasteiger partial charge in [0.2, 0.25) is 0 Å². The van der Waals surface area contributed by atoms with Crippen LogP contribution in [0.5, 0.6) is 0 Å². The first-order chi connectivity index (χ1) is 10.8. The fraction of sp³-hybridized carbons (Fsp3) is 0.467. The average Bonchev–Trinajstić information content (AvgIpc) is 2.72. The van der Waals surface area contributed by atoms with E-state index in [-0.39, 0.29) is 5.82 Å². The van der Waals surface area contributed by atoms with Gasteiger partial charge in [-0.2, -0.15) is 18.3 Å². The summed E-state index contributed by atoms with van der Waals surface area (Å²) in [5.74, 6) is -0.143. The Balaban J connectivity index is 1.85. The first-order valence-electron chi connectivity index (χ1n) is 7.26. The van der Waals surface area contributed by atoms with Crippen molar-refractivity contribution >= 4 is 5.82 Å². The van der Waals surface area contributed by atoms with Gasteiger partial charge in [0.25, 0.3) is 0 Å². The first-order valence-corrected chi connectivity index (χ1v) is 7.26. The quantitative estimate of drug-likeness (QED) is 0.801. The van der Waals surface area contributed by atoms with E-state index >= 15 is 0 Å². The molecule has 0 aliphatic carbocycles. The minimum absolute atomic E-state index is 0.143. The Kier molecular flexibility index (Phi) is 5.25. The Morgan fingerprint density at radius 1 is 1.22 bits per heavy atom. The van der Waals surface area contributed by atoms with Crippen molar-refractivity contribution in [2.75, 3.05) is 18.4 Å². The maximum Gasteiger partial charge on any atom is 0.419 e. The molecule has 5 nitrogen and oxygen atoms in total. The van der Waals surface area contributed by atoms with Gasteiger partial charge in [-0.25, -0.2) is 4.98 Å². The number of hydrogen-bond donors (Lipinski definition) is 2. The minimum Gasteiger partial charge on any atom is -0.368 e. The summed E-state index contributed by atoms with van der Waals surface area (Å²) >= 11 is 0. The van der Waals surface area contributed by atoms with Crippen LogP contribution < -0.4 is 10.6 Å². The highest BCUT2D eigenvalue weighted by Crippen LogP contribution is 2.33. The summed E-state index contributed by atoms with van der Waals surface area (Å²) in [6, 6.07) is 2.30. The topological polar surface area (TPSA) is 54.8 Å². The molecule has 126 valence electrons. The summed E-state index contributed by atoms with van der Waals surface area (Å²) in [5.41, 5.74) is 2.39. The molecule has 0 fully saturated rings. The van der Waals surface area contributed by atoms with E-state index in [0.717, 1.165) is 23.0 Å². The third-order valence-corrected chi connectivity index (χ3v) is 3.67. The van der Waals surface area contributed by atoms with Crippen LogP contribution in [0.2, 0.25) is 0 Å². The molecule has 0 aliphatic rings. The lowest BCUT2D eigenvalue weighted by Gasteiger charge is -2.13. The van der Waals surface area contributed by atoms with Gasteiger partial charge in [0.05, 0.1) is 11.3 Å². The molecule has 0 unspecified atom stereocenters. The van der Waals surface area contributed by atoms with Crippen molar-refractivity contribution in [3.05, 3.63) is 40.8 Å². The molecule has 8 heteroatoms. The molecule has 0 radical (unpaired) electrons. The number of pyridine rings is 1. The lowest BCUT2D eigenvalue weighted by molar-refractivity contribution is -0.137. The molecule has 2 N–H and O–H groups in total. The van der Waals surface area contributed by atoms with Crippen molar-refractivity contribution < 1.29 is 13.2 Å². The lowest BCUT2D eigenvalue weighted by atomic mass is 10.2. The van der Waals surface area contributed by atoms with Crippen LogP contribution in [-0.2, 0) is 19.8 Å². The number of halogens is 3. The fourth-order valence-corrected chi connectivity index (χ4v) is 2.33. The smallest absolute Gasteiger partial charge is 0.368 e. The van der Waals surface area contributed by atoms with E-state index in [1.54, 1.807) is 0 Å². The standard InChI is InChI=1S/C15H20F3N5/c1-10-12(11(2)23(3)22-10)9-19-7-8-21-14-13(15(16,17)18)5-4-6-20-14/h4-6,19H,7-9H2,1-3H3,(H,20,21). The van der Waals surface area contributed by atoms with E-state index in [1.165, 1.54) is 12.3 Å². The maximum absolute atomic E-state index is 12.8. The largest absolute Gasteiger partial charge is 0.419 e. The number of anilines is 1. The summed E-state index contributed by atoms with van der Waals surface area (Å²) in [5, 5.41) is 10.2. The van der Waals surface area contributed by atoms with Crippen LogP contribution in [0.3, 0.4) is 0 Å². The second-order valence-corrected chi connectivity index (χ2v) is 5.27. The number of aryl methyl sites for hydroxylation is 2. The lowest BCUT2D eigenvalue weighted by Crippen LogP contribution is -2.23. The number of rotatable bonds is 6. The molecule has 23 heavy (non-hydrogen) atoms. The number of alkyl halides is 3. The van der Waals surface area contributed by atoms with E-state index in [4.69, 9.17) is 0 Å². The van der Waals surface area contributed by atoms with Gasteiger partial charge in [-0.15, -0.1) is 0 Å². The van der Waals surface area contributed by atoms with Crippen LogP contribution in [0.25, 0.3) is 0 Å². The highest BCUT2D eigenvalue weighted by atomic mass is 19.4. The fourth-order valence-electron chi connectivity index (χ4n) is 2.33. The van der Waals surface area contributed by atoms with E-state index in [0.29, 0.717) is 19.6 Å². The highest BCUT2D eigenvalue weighted by Gasteiger charge is 2.33. The molecule has 0 atom stereocenters. The highest BCUT2D eigenvalue weighted by molar-refractivity contribution is 5.45. The number of nitrogens with zero attached hydrogens (tertiary/aromatic N) is 3. The molecular formula is C15H20F3N5. The molecule has 2 heterocycles. The molecule has 0 bridgehead atoms. The summed E-state index contributed by atoms with van der Waals surface area (Å²) in [6.07, 6.45) is -3.07. The van der Waals surface area contributed by atoms with Gasteiger partial charge < -0.3 is 10.6 Å². The van der Waals surface area contributed by atoms with E-state index in [1.807, 2.05) is 25.6 Å². The number of nitrogens with one attached hydrogen (secondary N) is 2. The SMILES string of the molecule is Cc1nn(C)c(C)c1CNCCNc1ncccc1C(F)(F)F. The maximum atomic E-state index is 12.8. The molecule has 2 rings (SSSR count). The zero-order chi connectivity index (χ0) is 17.0. The Bertz CT molecular complexity index is 664. The Hall–Kier alpha value is -2.09. The molecule has 0 spiro atoms. The second kappa shape index (κ2) is 6.99. The molecule has 0 aromatic carbocycles.